The van der Waals surface area contributed by atoms with Crippen LogP contribution in [0.1, 0.15) is 18.1 Å². The molecule has 0 spiro atoms. The average molecular weight is 186 g/mol. The molecule has 0 nitrogen and oxygen atoms in total. The minimum atomic E-state index is 1.02. The number of hydrogen-bond acceptors (Lipinski definition) is 1. The predicted molar refractivity (Wildman–Crippen MR) is 59.4 cm³/mol. The molecule has 64 valence electrons. The molecule has 0 saturated heterocycles. The van der Waals surface area contributed by atoms with Gasteiger partial charge in [-0.3, -0.25) is 0 Å². The van der Waals surface area contributed by atoms with Crippen molar-refractivity contribution in [3.8, 4) is 23.0 Å². The van der Waals surface area contributed by atoms with E-state index in [1.54, 1.807) is 0 Å². The van der Waals surface area contributed by atoms with Crippen molar-refractivity contribution in [3.63, 3.8) is 0 Å². The van der Waals surface area contributed by atoms with E-state index in [1.165, 1.54) is 11.8 Å². The first-order chi connectivity index (χ1) is 6.36. The third-order valence-corrected chi connectivity index (χ3v) is 1.74. The maximum atomic E-state index is 3.04. The van der Waals surface area contributed by atoms with Gasteiger partial charge in [-0.05, 0) is 36.6 Å². The first-order valence-corrected chi connectivity index (χ1v) is 5.16. The van der Waals surface area contributed by atoms with Crippen LogP contribution in [-0.4, -0.2) is 6.26 Å². The van der Waals surface area contributed by atoms with Crippen molar-refractivity contribution < 1.29 is 0 Å². The van der Waals surface area contributed by atoms with Crippen LogP contribution in [0.25, 0.3) is 0 Å². The Morgan fingerprint density at radius 1 is 1.15 bits per heavy atom. The van der Waals surface area contributed by atoms with Crippen molar-refractivity contribution in [2.45, 2.75) is 6.92 Å². The molecule has 1 aromatic carbocycles. The maximum Gasteiger partial charge on any atom is 0.0266 e. The second-order valence-corrected chi connectivity index (χ2v) is 3.00. The van der Waals surface area contributed by atoms with Gasteiger partial charge in [0.25, 0.3) is 0 Å². The van der Waals surface area contributed by atoms with Crippen molar-refractivity contribution in [1.29, 1.82) is 0 Å². The van der Waals surface area contributed by atoms with Gasteiger partial charge in [0.1, 0.15) is 0 Å². The van der Waals surface area contributed by atoms with Crippen LogP contribution in [0, 0.1) is 23.0 Å². The highest BCUT2D eigenvalue weighted by Crippen LogP contribution is 2.03. The van der Waals surface area contributed by atoms with Gasteiger partial charge in [-0.1, -0.05) is 29.7 Å². The maximum absolute atomic E-state index is 3.04. The standard InChI is InChI=1S/C12H10S/c1-3-5-11-6-4-7-12(10-11)8-9-13-2/h4,6-7,10H,1-2H3. The van der Waals surface area contributed by atoms with Crippen molar-refractivity contribution in [2.24, 2.45) is 0 Å². The highest BCUT2D eigenvalue weighted by molar-refractivity contribution is 8.03. The zero-order valence-corrected chi connectivity index (χ0v) is 8.53. The Hall–Kier alpha value is -1.31. The van der Waals surface area contributed by atoms with Crippen LogP contribution in [-0.2, 0) is 0 Å². The highest BCUT2D eigenvalue weighted by atomic mass is 32.2. The fourth-order valence-electron chi connectivity index (χ4n) is 0.929. The molecule has 0 atom stereocenters. The number of hydrogen-bond donors (Lipinski definition) is 0. The van der Waals surface area contributed by atoms with E-state index in [1.807, 2.05) is 37.4 Å². The van der Waals surface area contributed by atoms with Crippen LogP contribution >= 0.6 is 11.8 Å². The third-order valence-electron chi connectivity index (χ3n) is 1.43. The summed E-state index contributed by atoms with van der Waals surface area (Å²) >= 11 is 1.52. The fourth-order valence-corrected chi connectivity index (χ4v) is 1.15. The van der Waals surface area contributed by atoms with Gasteiger partial charge in [-0.2, -0.15) is 0 Å². The molecule has 0 heterocycles. The Bertz CT molecular complexity index is 396. The van der Waals surface area contributed by atoms with E-state index in [9.17, 15) is 0 Å². The van der Waals surface area contributed by atoms with E-state index in [-0.39, 0.29) is 0 Å². The van der Waals surface area contributed by atoms with E-state index < -0.39 is 0 Å². The van der Waals surface area contributed by atoms with Gasteiger partial charge in [0.2, 0.25) is 0 Å². The number of rotatable bonds is 0. The SMILES string of the molecule is CC#Cc1cccc(C#CSC)c1. The normalized spacial score (nSPS) is 7.85. The summed E-state index contributed by atoms with van der Waals surface area (Å²) in [6.45, 7) is 1.83. The Labute approximate surface area is 83.7 Å². The number of thioether (sulfide) groups is 1. The van der Waals surface area contributed by atoms with E-state index in [4.69, 9.17) is 0 Å². The lowest BCUT2D eigenvalue weighted by Gasteiger charge is -1.91. The summed E-state index contributed by atoms with van der Waals surface area (Å²) < 4.78 is 0. The Kier molecular flexibility index (Phi) is 4.03. The second kappa shape index (κ2) is 5.36. The van der Waals surface area contributed by atoms with Gasteiger partial charge in [-0.25, -0.2) is 0 Å². The summed E-state index contributed by atoms with van der Waals surface area (Å²) in [5.74, 6) is 8.90. The third kappa shape index (κ3) is 3.28. The molecule has 0 amide bonds. The Balaban J connectivity index is 2.96. The molecule has 0 fully saturated rings. The summed E-state index contributed by atoms with van der Waals surface area (Å²) in [5.41, 5.74) is 2.05. The van der Waals surface area contributed by atoms with E-state index in [0.29, 0.717) is 0 Å². The first-order valence-electron chi connectivity index (χ1n) is 3.93. The quantitative estimate of drug-likeness (QED) is 0.561. The average Bonchev–Trinajstić information content (AvgIpc) is 2.16. The minimum Gasteiger partial charge on any atom is -0.101 e. The van der Waals surface area contributed by atoms with Crippen LogP contribution in [0.3, 0.4) is 0 Å². The Morgan fingerprint density at radius 2 is 1.85 bits per heavy atom. The molecular formula is C12H10S. The van der Waals surface area contributed by atoms with E-state index >= 15 is 0 Å². The smallest absolute Gasteiger partial charge is 0.0266 e. The molecule has 13 heavy (non-hydrogen) atoms. The van der Waals surface area contributed by atoms with Gasteiger partial charge in [0.15, 0.2) is 0 Å². The lowest BCUT2D eigenvalue weighted by atomic mass is 10.1. The highest BCUT2D eigenvalue weighted by Gasteiger charge is 1.88. The first kappa shape index (κ1) is 9.78. The van der Waals surface area contributed by atoms with Gasteiger partial charge in [0, 0.05) is 11.1 Å². The van der Waals surface area contributed by atoms with Gasteiger partial charge in [-0.15, -0.1) is 5.92 Å². The molecule has 0 aliphatic rings. The van der Waals surface area contributed by atoms with Crippen molar-refractivity contribution in [1.82, 2.24) is 0 Å². The molecule has 0 radical (unpaired) electrons. The molecular weight excluding hydrogens is 176 g/mol. The summed E-state index contributed by atoms with van der Waals surface area (Å²) in [6.07, 6.45) is 1.96. The van der Waals surface area contributed by atoms with Crippen LogP contribution in [0.4, 0.5) is 0 Å². The molecule has 0 aromatic heterocycles. The Morgan fingerprint density at radius 3 is 2.46 bits per heavy atom. The van der Waals surface area contributed by atoms with Crippen LogP contribution in [0.2, 0.25) is 0 Å². The number of benzene rings is 1. The molecule has 1 rings (SSSR count). The molecule has 0 N–H and O–H groups in total. The molecule has 0 aliphatic carbocycles. The minimum absolute atomic E-state index is 1.02. The van der Waals surface area contributed by atoms with E-state index in [0.717, 1.165) is 11.1 Å². The van der Waals surface area contributed by atoms with Crippen molar-refractivity contribution >= 4 is 11.8 Å². The largest absolute Gasteiger partial charge is 0.101 e. The van der Waals surface area contributed by atoms with E-state index in [2.05, 4.69) is 23.0 Å². The molecule has 0 saturated carbocycles. The lowest BCUT2D eigenvalue weighted by molar-refractivity contribution is 1.60. The summed E-state index contributed by atoms with van der Waals surface area (Å²) in [5, 5.41) is 2.95. The summed E-state index contributed by atoms with van der Waals surface area (Å²) in [6, 6.07) is 7.95. The summed E-state index contributed by atoms with van der Waals surface area (Å²) in [7, 11) is 0. The van der Waals surface area contributed by atoms with Crippen molar-refractivity contribution in [3.05, 3.63) is 35.4 Å². The lowest BCUT2D eigenvalue weighted by Crippen LogP contribution is -1.77. The van der Waals surface area contributed by atoms with Crippen LogP contribution in [0.5, 0.6) is 0 Å². The molecule has 0 unspecified atom stereocenters. The fraction of sp³-hybridized carbons (Fsp3) is 0.167. The van der Waals surface area contributed by atoms with Crippen molar-refractivity contribution in [2.75, 3.05) is 6.26 Å². The van der Waals surface area contributed by atoms with Gasteiger partial charge >= 0.3 is 0 Å². The second-order valence-electron chi connectivity index (χ2n) is 2.39. The zero-order chi connectivity index (χ0) is 9.52. The molecule has 0 aliphatic heterocycles. The summed E-state index contributed by atoms with van der Waals surface area (Å²) in [4.78, 5) is 0. The topological polar surface area (TPSA) is 0 Å². The molecule has 1 aromatic rings. The molecule has 1 heteroatoms. The van der Waals surface area contributed by atoms with Crippen LogP contribution < -0.4 is 0 Å². The monoisotopic (exact) mass is 186 g/mol. The molecule has 0 bridgehead atoms. The zero-order valence-electron chi connectivity index (χ0n) is 7.72. The van der Waals surface area contributed by atoms with Crippen LogP contribution in [0.15, 0.2) is 24.3 Å². The van der Waals surface area contributed by atoms with Gasteiger partial charge < -0.3 is 0 Å². The van der Waals surface area contributed by atoms with Gasteiger partial charge in [0.05, 0.1) is 0 Å². The predicted octanol–water partition coefficient (Wildman–Crippen LogP) is 2.73.